The number of phenols is 1. The van der Waals surface area contributed by atoms with Crippen molar-refractivity contribution in [2.45, 2.75) is 37.8 Å². The first-order chi connectivity index (χ1) is 8.16. The number of aromatic hydroxyl groups is 1. The first kappa shape index (κ1) is 11.9. The summed E-state index contributed by atoms with van der Waals surface area (Å²) in [7, 11) is 0. The first-order valence-corrected chi connectivity index (χ1v) is 5.95. The molecule has 1 saturated carbocycles. The number of aliphatic hydroxyl groups excluding tert-OH is 1. The molecule has 4 heteroatoms. The van der Waals surface area contributed by atoms with Crippen molar-refractivity contribution >= 4 is 5.91 Å². The van der Waals surface area contributed by atoms with Crippen LogP contribution in [0.1, 0.15) is 36.0 Å². The van der Waals surface area contributed by atoms with Crippen LogP contribution in [0.2, 0.25) is 0 Å². The van der Waals surface area contributed by atoms with Crippen molar-refractivity contribution in [3.8, 4) is 5.75 Å². The highest BCUT2D eigenvalue weighted by Crippen LogP contribution is 2.19. The minimum Gasteiger partial charge on any atom is -0.508 e. The van der Waals surface area contributed by atoms with Crippen molar-refractivity contribution in [1.29, 1.82) is 0 Å². The van der Waals surface area contributed by atoms with Crippen LogP contribution >= 0.6 is 0 Å². The lowest BCUT2D eigenvalue weighted by molar-refractivity contribution is 0.0717. The Bertz CT molecular complexity index is 388. The molecule has 2 rings (SSSR count). The third-order valence-corrected chi connectivity index (χ3v) is 3.18. The zero-order chi connectivity index (χ0) is 12.3. The van der Waals surface area contributed by atoms with Gasteiger partial charge >= 0.3 is 0 Å². The molecule has 0 saturated heterocycles. The topological polar surface area (TPSA) is 69.6 Å². The van der Waals surface area contributed by atoms with Gasteiger partial charge in [-0.15, -0.1) is 0 Å². The summed E-state index contributed by atoms with van der Waals surface area (Å²) in [6.45, 7) is 0. The summed E-state index contributed by atoms with van der Waals surface area (Å²) in [5.41, 5.74) is 0.501. The van der Waals surface area contributed by atoms with Gasteiger partial charge in [0, 0.05) is 5.56 Å². The Balaban J connectivity index is 1.98. The maximum absolute atomic E-state index is 11.9. The number of aliphatic hydroxyl groups is 1. The molecule has 1 aliphatic rings. The number of amides is 1. The van der Waals surface area contributed by atoms with Gasteiger partial charge < -0.3 is 15.5 Å². The van der Waals surface area contributed by atoms with Crippen LogP contribution in [0.5, 0.6) is 5.75 Å². The van der Waals surface area contributed by atoms with E-state index in [2.05, 4.69) is 5.32 Å². The van der Waals surface area contributed by atoms with Crippen molar-refractivity contribution in [1.82, 2.24) is 5.32 Å². The van der Waals surface area contributed by atoms with Gasteiger partial charge in [0.25, 0.3) is 5.91 Å². The maximum Gasteiger partial charge on any atom is 0.251 e. The largest absolute Gasteiger partial charge is 0.508 e. The molecule has 0 heterocycles. The predicted octanol–water partition coefficient (Wildman–Crippen LogP) is 1.43. The van der Waals surface area contributed by atoms with E-state index in [-0.39, 0.29) is 17.7 Å². The van der Waals surface area contributed by atoms with Gasteiger partial charge in [0.05, 0.1) is 12.1 Å². The first-order valence-electron chi connectivity index (χ1n) is 5.95. The lowest BCUT2D eigenvalue weighted by Crippen LogP contribution is -2.45. The molecule has 1 aromatic carbocycles. The average Bonchev–Trinajstić information content (AvgIpc) is 2.33. The molecule has 2 atom stereocenters. The fourth-order valence-electron chi connectivity index (χ4n) is 2.14. The van der Waals surface area contributed by atoms with Gasteiger partial charge in [-0.25, -0.2) is 0 Å². The summed E-state index contributed by atoms with van der Waals surface area (Å²) in [5, 5.41) is 21.7. The molecule has 0 aromatic heterocycles. The van der Waals surface area contributed by atoms with E-state index in [4.69, 9.17) is 5.11 Å². The number of benzene rings is 1. The standard InChI is InChI=1S/C13H17NO3/c15-10-7-5-9(6-8-10)13(17)14-11-3-1-2-4-12(11)16/h5-8,11-12,15-16H,1-4H2,(H,14,17)/t11-,12-/m1/s1. The number of phenolic OH excluding ortho intramolecular Hbond substituents is 1. The highest BCUT2D eigenvalue weighted by Gasteiger charge is 2.24. The normalized spacial score (nSPS) is 24.3. The van der Waals surface area contributed by atoms with Crippen LogP contribution in [-0.4, -0.2) is 28.3 Å². The molecule has 1 amide bonds. The second-order valence-corrected chi connectivity index (χ2v) is 4.48. The van der Waals surface area contributed by atoms with Gasteiger partial charge in [0.15, 0.2) is 0 Å². The van der Waals surface area contributed by atoms with E-state index in [1.165, 1.54) is 12.1 Å². The average molecular weight is 235 g/mol. The maximum atomic E-state index is 11.9. The Hall–Kier alpha value is -1.55. The van der Waals surface area contributed by atoms with Crippen molar-refractivity contribution in [2.75, 3.05) is 0 Å². The van der Waals surface area contributed by atoms with E-state index < -0.39 is 6.10 Å². The molecule has 1 aromatic rings. The summed E-state index contributed by atoms with van der Waals surface area (Å²) in [5.74, 6) is -0.0600. The van der Waals surface area contributed by atoms with E-state index in [0.717, 1.165) is 25.7 Å². The van der Waals surface area contributed by atoms with Crippen molar-refractivity contribution in [3.05, 3.63) is 29.8 Å². The van der Waals surface area contributed by atoms with Crippen molar-refractivity contribution < 1.29 is 15.0 Å². The lowest BCUT2D eigenvalue weighted by Gasteiger charge is -2.28. The Morgan fingerprint density at radius 3 is 2.47 bits per heavy atom. The number of rotatable bonds is 2. The zero-order valence-corrected chi connectivity index (χ0v) is 9.60. The third kappa shape index (κ3) is 2.97. The van der Waals surface area contributed by atoms with Crippen LogP contribution < -0.4 is 5.32 Å². The molecular formula is C13H17NO3. The molecular weight excluding hydrogens is 218 g/mol. The Kier molecular flexibility index (Phi) is 3.64. The van der Waals surface area contributed by atoms with Crippen LogP contribution in [0.25, 0.3) is 0 Å². The van der Waals surface area contributed by atoms with Crippen LogP contribution in [0.4, 0.5) is 0 Å². The summed E-state index contributed by atoms with van der Waals surface area (Å²) < 4.78 is 0. The van der Waals surface area contributed by atoms with E-state index in [0.29, 0.717) is 5.56 Å². The highest BCUT2D eigenvalue weighted by molar-refractivity contribution is 5.94. The van der Waals surface area contributed by atoms with Crippen LogP contribution in [0.15, 0.2) is 24.3 Å². The van der Waals surface area contributed by atoms with E-state index in [1.54, 1.807) is 12.1 Å². The lowest BCUT2D eigenvalue weighted by atomic mass is 9.92. The molecule has 1 fully saturated rings. The van der Waals surface area contributed by atoms with Crippen LogP contribution in [-0.2, 0) is 0 Å². The quantitative estimate of drug-likeness (QED) is 0.726. The van der Waals surface area contributed by atoms with Crippen LogP contribution in [0, 0.1) is 0 Å². The molecule has 0 radical (unpaired) electrons. The molecule has 0 spiro atoms. The number of hydrogen-bond acceptors (Lipinski definition) is 3. The minimum absolute atomic E-state index is 0.138. The molecule has 0 aliphatic heterocycles. The summed E-state index contributed by atoms with van der Waals surface area (Å²) in [4.78, 5) is 11.9. The predicted molar refractivity (Wildman–Crippen MR) is 63.8 cm³/mol. The summed E-state index contributed by atoms with van der Waals surface area (Å²) in [6, 6.07) is 5.95. The zero-order valence-electron chi connectivity index (χ0n) is 9.60. The van der Waals surface area contributed by atoms with E-state index >= 15 is 0 Å². The second-order valence-electron chi connectivity index (χ2n) is 4.48. The summed E-state index contributed by atoms with van der Waals surface area (Å²) in [6.07, 6.45) is 3.19. The fourth-order valence-corrected chi connectivity index (χ4v) is 2.14. The monoisotopic (exact) mass is 235 g/mol. The molecule has 3 N–H and O–H groups in total. The third-order valence-electron chi connectivity index (χ3n) is 3.18. The number of nitrogens with one attached hydrogen (secondary N) is 1. The van der Waals surface area contributed by atoms with E-state index in [9.17, 15) is 9.90 Å². The van der Waals surface area contributed by atoms with Gasteiger partial charge in [0.1, 0.15) is 5.75 Å². The second kappa shape index (κ2) is 5.19. The van der Waals surface area contributed by atoms with Gasteiger partial charge in [0.2, 0.25) is 0 Å². The van der Waals surface area contributed by atoms with Gasteiger partial charge in [-0.3, -0.25) is 4.79 Å². The van der Waals surface area contributed by atoms with Crippen molar-refractivity contribution in [3.63, 3.8) is 0 Å². The van der Waals surface area contributed by atoms with E-state index in [1.807, 2.05) is 0 Å². The number of carbonyl (C=O) groups excluding carboxylic acids is 1. The number of hydrogen-bond donors (Lipinski definition) is 3. The van der Waals surface area contributed by atoms with Gasteiger partial charge in [-0.05, 0) is 37.1 Å². The summed E-state index contributed by atoms with van der Waals surface area (Å²) >= 11 is 0. The Morgan fingerprint density at radius 1 is 1.18 bits per heavy atom. The molecule has 17 heavy (non-hydrogen) atoms. The Labute approximate surface area is 100 Å². The van der Waals surface area contributed by atoms with Gasteiger partial charge in [-0.1, -0.05) is 12.8 Å². The molecule has 92 valence electrons. The number of carbonyl (C=O) groups is 1. The smallest absolute Gasteiger partial charge is 0.251 e. The van der Waals surface area contributed by atoms with Gasteiger partial charge in [-0.2, -0.15) is 0 Å². The minimum atomic E-state index is -0.440. The Morgan fingerprint density at radius 2 is 1.82 bits per heavy atom. The van der Waals surface area contributed by atoms with Crippen LogP contribution in [0.3, 0.4) is 0 Å². The SMILES string of the molecule is O=C(N[C@@H]1CCCC[C@H]1O)c1ccc(O)cc1. The molecule has 4 nitrogen and oxygen atoms in total. The molecule has 0 bridgehead atoms. The highest BCUT2D eigenvalue weighted by atomic mass is 16.3. The van der Waals surface area contributed by atoms with Crippen molar-refractivity contribution in [2.24, 2.45) is 0 Å². The molecule has 1 aliphatic carbocycles. The molecule has 0 unspecified atom stereocenters. The fraction of sp³-hybridized carbons (Fsp3) is 0.462.